The van der Waals surface area contributed by atoms with Crippen LogP contribution < -0.4 is 15.8 Å². The Kier molecular flexibility index (Phi) is 7.20. The predicted octanol–water partition coefficient (Wildman–Crippen LogP) is 1.37. The molecule has 0 saturated heterocycles. The van der Waals surface area contributed by atoms with Crippen LogP contribution in [0.25, 0.3) is 0 Å². The largest absolute Gasteiger partial charge is 0.357 e. The van der Waals surface area contributed by atoms with Crippen molar-refractivity contribution < 1.29 is 8.42 Å². The summed E-state index contributed by atoms with van der Waals surface area (Å²) in [5.41, 5.74) is 4.21. The number of benzene rings is 1. The molecule has 0 fully saturated rings. The number of primary sulfonamides is 1. The normalized spacial score (nSPS) is 13.4. The second-order valence-electron chi connectivity index (χ2n) is 6.91. The fourth-order valence-corrected chi connectivity index (χ4v) is 3.60. The van der Waals surface area contributed by atoms with Gasteiger partial charge in [0.25, 0.3) is 0 Å². The summed E-state index contributed by atoms with van der Waals surface area (Å²) in [5.74, 6) is 0.676. The van der Waals surface area contributed by atoms with Gasteiger partial charge in [-0.25, -0.2) is 18.5 Å². The van der Waals surface area contributed by atoms with E-state index < -0.39 is 10.0 Å². The zero-order chi connectivity index (χ0) is 20.9. The first-order chi connectivity index (χ1) is 13.1. The minimum Gasteiger partial charge on any atom is -0.357 e. The summed E-state index contributed by atoms with van der Waals surface area (Å²) in [6, 6.07) is 6.67. The lowest BCUT2D eigenvalue weighted by Crippen LogP contribution is -2.43. The van der Waals surface area contributed by atoms with E-state index in [4.69, 9.17) is 5.14 Å². The summed E-state index contributed by atoms with van der Waals surface area (Å²) >= 11 is 0. The van der Waals surface area contributed by atoms with E-state index in [-0.39, 0.29) is 10.9 Å². The molecule has 0 radical (unpaired) electrons. The minimum absolute atomic E-state index is 0.0917. The summed E-state index contributed by atoms with van der Waals surface area (Å²) in [5, 5.41) is 16.3. The van der Waals surface area contributed by atoms with E-state index in [1.165, 1.54) is 11.6 Å². The molecule has 154 valence electrons. The molecule has 1 heterocycles. The van der Waals surface area contributed by atoms with E-state index >= 15 is 0 Å². The third-order valence-electron chi connectivity index (χ3n) is 4.54. The lowest BCUT2D eigenvalue weighted by Gasteiger charge is -2.18. The van der Waals surface area contributed by atoms with Crippen molar-refractivity contribution in [2.45, 2.75) is 51.6 Å². The Hall–Kier alpha value is -2.39. The van der Waals surface area contributed by atoms with Crippen LogP contribution in [0.2, 0.25) is 0 Å². The van der Waals surface area contributed by atoms with Gasteiger partial charge in [0, 0.05) is 25.3 Å². The van der Waals surface area contributed by atoms with Crippen molar-refractivity contribution in [3.63, 3.8) is 0 Å². The van der Waals surface area contributed by atoms with Crippen LogP contribution in [-0.2, 0) is 30.0 Å². The highest BCUT2D eigenvalue weighted by atomic mass is 32.2. The highest BCUT2D eigenvalue weighted by Crippen LogP contribution is 2.14. The standard InChI is InChI=1S/C19H30N6O2S/c1-6-21-19(22-12-16-8-7-9-17(11-16)28(20,26)27)23-13(2)10-18-14(3)24-25(5)15(18)4/h7-9,11,13H,6,10,12H2,1-5H3,(H2,20,26,27)(H2,21,22,23). The highest BCUT2D eigenvalue weighted by molar-refractivity contribution is 7.89. The average Bonchev–Trinajstić information content (AvgIpc) is 2.85. The van der Waals surface area contributed by atoms with Gasteiger partial charge in [-0.05, 0) is 57.4 Å². The number of nitrogens with zero attached hydrogens (tertiary/aromatic N) is 3. The van der Waals surface area contributed by atoms with Crippen molar-refractivity contribution in [2.24, 2.45) is 17.2 Å². The van der Waals surface area contributed by atoms with Gasteiger partial charge in [-0.1, -0.05) is 12.1 Å². The van der Waals surface area contributed by atoms with Crippen LogP contribution in [0.15, 0.2) is 34.2 Å². The fraction of sp³-hybridized carbons (Fsp3) is 0.474. The number of aromatic nitrogens is 2. The van der Waals surface area contributed by atoms with Crippen molar-refractivity contribution in [3.05, 3.63) is 46.8 Å². The topological polar surface area (TPSA) is 114 Å². The van der Waals surface area contributed by atoms with E-state index in [0.717, 1.165) is 29.9 Å². The molecule has 2 rings (SSSR count). The van der Waals surface area contributed by atoms with Gasteiger partial charge in [-0.3, -0.25) is 4.68 Å². The monoisotopic (exact) mass is 406 g/mol. The SMILES string of the molecule is CCNC(=NCc1cccc(S(N)(=O)=O)c1)NC(C)Cc1c(C)nn(C)c1C. The van der Waals surface area contributed by atoms with Gasteiger partial charge >= 0.3 is 0 Å². The number of rotatable bonds is 7. The van der Waals surface area contributed by atoms with Crippen molar-refractivity contribution in [1.29, 1.82) is 0 Å². The first kappa shape index (κ1) is 21.9. The maximum absolute atomic E-state index is 11.5. The number of aliphatic imine (C=N–C) groups is 1. The van der Waals surface area contributed by atoms with Gasteiger partial charge in [0.2, 0.25) is 10.0 Å². The van der Waals surface area contributed by atoms with Crippen molar-refractivity contribution in [3.8, 4) is 0 Å². The van der Waals surface area contributed by atoms with E-state index in [9.17, 15) is 8.42 Å². The van der Waals surface area contributed by atoms with Gasteiger partial charge in [-0.15, -0.1) is 0 Å². The van der Waals surface area contributed by atoms with Gasteiger partial charge in [0.05, 0.1) is 17.1 Å². The molecule has 1 aromatic carbocycles. The smallest absolute Gasteiger partial charge is 0.238 e. The lowest BCUT2D eigenvalue weighted by molar-refractivity contribution is 0.597. The van der Waals surface area contributed by atoms with Gasteiger partial charge in [0.15, 0.2) is 5.96 Å². The Balaban J connectivity index is 2.10. The summed E-state index contributed by atoms with van der Waals surface area (Å²) < 4.78 is 24.9. The van der Waals surface area contributed by atoms with Crippen LogP contribution in [0.4, 0.5) is 0 Å². The molecule has 0 aliphatic carbocycles. The van der Waals surface area contributed by atoms with E-state index in [0.29, 0.717) is 12.5 Å². The predicted molar refractivity (Wildman–Crippen MR) is 112 cm³/mol. The van der Waals surface area contributed by atoms with E-state index in [1.54, 1.807) is 12.1 Å². The number of hydrogen-bond donors (Lipinski definition) is 3. The van der Waals surface area contributed by atoms with Crippen molar-refractivity contribution in [2.75, 3.05) is 6.54 Å². The number of sulfonamides is 1. The molecule has 4 N–H and O–H groups in total. The number of hydrogen-bond acceptors (Lipinski definition) is 4. The second kappa shape index (κ2) is 9.20. The molecule has 0 aliphatic rings. The summed E-state index contributed by atoms with van der Waals surface area (Å²) in [6.07, 6.45) is 0.830. The molecule has 0 amide bonds. The van der Waals surface area contributed by atoms with Crippen LogP contribution in [0.1, 0.15) is 36.4 Å². The first-order valence-corrected chi connectivity index (χ1v) is 10.8. The van der Waals surface area contributed by atoms with Gasteiger partial charge in [-0.2, -0.15) is 5.10 Å². The molecule has 28 heavy (non-hydrogen) atoms. The second-order valence-corrected chi connectivity index (χ2v) is 8.47. The number of guanidine groups is 1. The summed E-state index contributed by atoms with van der Waals surface area (Å²) in [4.78, 5) is 4.67. The molecule has 1 unspecified atom stereocenters. The van der Waals surface area contributed by atoms with E-state index in [1.807, 2.05) is 31.6 Å². The number of aryl methyl sites for hydroxylation is 2. The van der Waals surface area contributed by atoms with Crippen molar-refractivity contribution >= 4 is 16.0 Å². The molecule has 9 heteroatoms. The molecular formula is C19H30N6O2S. The molecule has 1 aromatic heterocycles. The Labute approximate surface area is 167 Å². The zero-order valence-electron chi connectivity index (χ0n) is 17.2. The lowest BCUT2D eigenvalue weighted by atomic mass is 10.1. The van der Waals surface area contributed by atoms with Crippen LogP contribution >= 0.6 is 0 Å². The summed E-state index contributed by atoms with van der Waals surface area (Å²) in [7, 11) is -1.77. The fourth-order valence-electron chi connectivity index (χ4n) is 3.01. The number of nitrogens with one attached hydrogen (secondary N) is 2. The number of nitrogens with two attached hydrogens (primary N) is 1. The molecule has 8 nitrogen and oxygen atoms in total. The van der Waals surface area contributed by atoms with E-state index in [2.05, 4.69) is 34.6 Å². The van der Waals surface area contributed by atoms with Gasteiger partial charge < -0.3 is 10.6 Å². The molecule has 2 aromatic rings. The first-order valence-electron chi connectivity index (χ1n) is 9.27. The molecule has 0 saturated carbocycles. The third kappa shape index (κ3) is 5.80. The Bertz CT molecular complexity index is 949. The molecule has 0 bridgehead atoms. The zero-order valence-corrected chi connectivity index (χ0v) is 18.0. The molecule has 0 aliphatic heterocycles. The van der Waals surface area contributed by atoms with Crippen molar-refractivity contribution in [1.82, 2.24) is 20.4 Å². The average molecular weight is 407 g/mol. The Morgan fingerprint density at radius 3 is 2.64 bits per heavy atom. The summed E-state index contributed by atoms with van der Waals surface area (Å²) in [6.45, 7) is 9.25. The van der Waals surface area contributed by atoms with Crippen LogP contribution in [0.5, 0.6) is 0 Å². The minimum atomic E-state index is -3.72. The van der Waals surface area contributed by atoms with Crippen LogP contribution in [-0.4, -0.2) is 36.7 Å². The molecule has 1 atom stereocenters. The molecular weight excluding hydrogens is 376 g/mol. The van der Waals surface area contributed by atoms with Crippen LogP contribution in [0, 0.1) is 13.8 Å². The highest BCUT2D eigenvalue weighted by Gasteiger charge is 2.14. The maximum Gasteiger partial charge on any atom is 0.238 e. The quantitative estimate of drug-likeness (QED) is 0.475. The Morgan fingerprint density at radius 1 is 1.36 bits per heavy atom. The molecule has 0 spiro atoms. The Morgan fingerprint density at radius 2 is 2.07 bits per heavy atom. The van der Waals surface area contributed by atoms with Crippen LogP contribution in [0.3, 0.4) is 0 Å². The third-order valence-corrected chi connectivity index (χ3v) is 5.45. The van der Waals surface area contributed by atoms with Gasteiger partial charge in [0.1, 0.15) is 0 Å². The maximum atomic E-state index is 11.5.